The first-order valence-corrected chi connectivity index (χ1v) is 7.03. The Balaban J connectivity index is 2.16. The summed E-state index contributed by atoms with van der Waals surface area (Å²) in [6.07, 6.45) is 4.22. The van der Waals surface area contributed by atoms with E-state index in [-0.39, 0.29) is 11.9 Å². The van der Waals surface area contributed by atoms with Crippen LogP contribution in [0.25, 0.3) is 0 Å². The Morgan fingerprint density at radius 2 is 2.35 bits per heavy atom. The van der Waals surface area contributed by atoms with E-state index in [4.69, 9.17) is 5.73 Å². The van der Waals surface area contributed by atoms with Gasteiger partial charge in [-0.15, -0.1) is 0 Å². The van der Waals surface area contributed by atoms with Crippen LogP contribution in [0.3, 0.4) is 0 Å². The molecule has 1 unspecified atom stereocenters. The van der Waals surface area contributed by atoms with Gasteiger partial charge in [0.1, 0.15) is 0 Å². The van der Waals surface area contributed by atoms with Crippen LogP contribution in [0.2, 0.25) is 0 Å². The molecule has 0 aliphatic carbocycles. The predicted molar refractivity (Wildman–Crippen MR) is 65.6 cm³/mol. The van der Waals surface area contributed by atoms with Crippen molar-refractivity contribution in [3.8, 4) is 0 Å². The molecule has 1 aliphatic heterocycles. The number of anilines is 2. The summed E-state index contributed by atoms with van der Waals surface area (Å²) in [7, 11) is -3.55. The van der Waals surface area contributed by atoms with Gasteiger partial charge in [0, 0.05) is 12.6 Å². The zero-order valence-corrected chi connectivity index (χ0v) is 10.5. The van der Waals surface area contributed by atoms with Gasteiger partial charge in [0.25, 0.3) is 0 Å². The van der Waals surface area contributed by atoms with Crippen LogP contribution in [-0.4, -0.2) is 35.5 Å². The summed E-state index contributed by atoms with van der Waals surface area (Å²) in [6.45, 7) is 2.46. The van der Waals surface area contributed by atoms with Crippen LogP contribution in [-0.2, 0) is 10.2 Å². The molecule has 96 valence electrons. The van der Waals surface area contributed by atoms with Gasteiger partial charge < -0.3 is 5.73 Å². The summed E-state index contributed by atoms with van der Waals surface area (Å²) in [5, 5.41) is 6.20. The Morgan fingerprint density at radius 3 is 2.94 bits per heavy atom. The Kier molecular flexibility index (Phi) is 3.25. The third-order valence-corrected chi connectivity index (χ3v) is 4.57. The SMILES string of the molecule is CC1CCCCN1S(=O)(=O)Nc1[nH]ncc1N. The molecule has 1 aromatic rings. The molecule has 2 heterocycles. The lowest BCUT2D eigenvalue weighted by atomic mass is 10.1. The summed E-state index contributed by atoms with van der Waals surface area (Å²) in [6, 6.07) is 0.0189. The average Bonchev–Trinajstić information content (AvgIpc) is 2.64. The van der Waals surface area contributed by atoms with Crippen LogP contribution < -0.4 is 10.5 Å². The molecule has 1 atom stereocenters. The van der Waals surface area contributed by atoms with Gasteiger partial charge >= 0.3 is 10.2 Å². The predicted octanol–water partition coefficient (Wildman–Crippen LogP) is 0.523. The van der Waals surface area contributed by atoms with Gasteiger partial charge in [0.05, 0.1) is 11.9 Å². The summed E-state index contributed by atoms with van der Waals surface area (Å²) >= 11 is 0. The molecule has 0 bridgehead atoms. The van der Waals surface area contributed by atoms with Crippen molar-refractivity contribution in [2.24, 2.45) is 0 Å². The fourth-order valence-corrected chi connectivity index (χ4v) is 3.48. The summed E-state index contributed by atoms with van der Waals surface area (Å²) in [5.74, 6) is 0.225. The van der Waals surface area contributed by atoms with Crippen LogP contribution in [0.5, 0.6) is 0 Å². The van der Waals surface area contributed by atoms with E-state index in [1.54, 1.807) is 0 Å². The highest BCUT2D eigenvalue weighted by atomic mass is 32.2. The minimum Gasteiger partial charge on any atom is -0.394 e. The minimum atomic E-state index is -3.55. The molecule has 17 heavy (non-hydrogen) atoms. The van der Waals surface area contributed by atoms with Gasteiger partial charge in [-0.25, -0.2) is 0 Å². The van der Waals surface area contributed by atoms with E-state index in [0.717, 1.165) is 19.3 Å². The first-order valence-electron chi connectivity index (χ1n) is 5.59. The molecule has 0 spiro atoms. The molecular formula is C9H17N5O2S. The van der Waals surface area contributed by atoms with Crippen molar-refractivity contribution in [2.75, 3.05) is 17.0 Å². The third-order valence-electron chi connectivity index (χ3n) is 2.95. The van der Waals surface area contributed by atoms with Crippen LogP contribution in [0.4, 0.5) is 11.5 Å². The molecule has 0 radical (unpaired) electrons. The minimum absolute atomic E-state index is 0.0189. The Labute approximate surface area is 101 Å². The summed E-state index contributed by atoms with van der Waals surface area (Å²) < 4.78 is 28.1. The first-order chi connectivity index (χ1) is 8.00. The highest BCUT2D eigenvalue weighted by Gasteiger charge is 2.30. The zero-order chi connectivity index (χ0) is 12.5. The van der Waals surface area contributed by atoms with Crippen LogP contribution in [0.1, 0.15) is 26.2 Å². The van der Waals surface area contributed by atoms with Crippen LogP contribution in [0, 0.1) is 0 Å². The number of nitrogens with two attached hydrogens (primary N) is 1. The maximum Gasteiger partial charge on any atom is 0.303 e. The second-order valence-corrected chi connectivity index (χ2v) is 5.89. The number of H-pyrrole nitrogens is 1. The number of nitrogens with one attached hydrogen (secondary N) is 2. The fraction of sp³-hybridized carbons (Fsp3) is 0.667. The van der Waals surface area contributed by atoms with E-state index in [1.807, 2.05) is 6.92 Å². The highest BCUT2D eigenvalue weighted by Crippen LogP contribution is 2.22. The highest BCUT2D eigenvalue weighted by molar-refractivity contribution is 7.90. The van der Waals surface area contributed by atoms with Crippen molar-refractivity contribution in [3.63, 3.8) is 0 Å². The quantitative estimate of drug-likeness (QED) is 0.736. The maximum absolute atomic E-state index is 12.1. The Morgan fingerprint density at radius 1 is 1.59 bits per heavy atom. The fourth-order valence-electron chi connectivity index (χ4n) is 1.99. The molecule has 8 heteroatoms. The van der Waals surface area contributed by atoms with E-state index in [0.29, 0.717) is 12.2 Å². The number of piperidine rings is 1. The average molecular weight is 259 g/mol. The molecule has 2 rings (SSSR count). The standard InChI is InChI=1S/C9H17N5O2S/c1-7-4-2-3-5-14(7)17(15,16)13-9-8(10)6-11-12-9/h6-7H,2-5,10H2,1H3,(H2,11,12,13). The number of hydrogen-bond acceptors (Lipinski definition) is 4. The molecule has 7 nitrogen and oxygen atoms in total. The maximum atomic E-state index is 12.1. The van der Waals surface area contributed by atoms with E-state index in [9.17, 15) is 8.42 Å². The molecule has 0 amide bonds. The van der Waals surface area contributed by atoms with Crippen molar-refractivity contribution < 1.29 is 8.42 Å². The van der Waals surface area contributed by atoms with E-state index < -0.39 is 10.2 Å². The number of nitrogens with zero attached hydrogens (tertiary/aromatic N) is 2. The summed E-state index contributed by atoms with van der Waals surface area (Å²) in [5.41, 5.74) is 5.86. The molecule has 4 N–H and O–H groups in total. The number of hydrogen-bond donors (Lipinski definition) is 3. The van der Waals surface area contributed by atoms with Crippen LogP contribution in [0.15, 0.2) is 6.20 Å². The number of nitrogen functional groups attached to an aromatic ring is 1. The monoisotopic (exact) mass is 259 g/mol. The van der Waals surface area contributed by atoms with Crippen molar-refractivity contribution in [3.05, 3.63) is 6.20 Å². The lowest BCUT2D eigenvalue weighted by Crippen LogP contribution is -2.44. The topological polar surface area (TPSA) is 104 Å². The second kappa shape index (κ2) is 4.53. The van der Waals surface area contributed by atoms with E-state index >= 15 is 0 Å². The molecule has 0 aromatic carbocycles. The number of rotatable bonds is 3. The first kappa shape index (κ1) is 12.2. The molecular weight excluding hydrogens is 242 g/mol. The summed E-state index contributed by atoms with van der Waals surface area (Å²) in [4.78, 5) is 0. The third kappa shape index (κ3) is 2.52. The van der Waals surface area contributed by atoms with Crippen molar-refractivity contribution >= 4 is 21.7 Å². The smallest absolute Gasteiger partial charge is 0.303 e. The number of aromatic nitrogens is 2. The molecule has 1 aliphatic rings. The second-order valence-electron chi connectivity index (χ2n) is 4.26. The van der Waals surface area contributed by atoms with Gasteiger partial charge in [-0.1, -0.05) is 6.42 Å². The largest absolute Gasteiger partial charge is 0.394 e. The van der Waals surface area contributed by atoms with E-state index in [1.165, 1.54) is 10.5 Å². The lowest BCUT2D eigenvalue weighted by molar-refractivity contribution is 0.270. The zero-order valence-electron chi connectivity index (χ0n) is 9.68. The van der Waals surface area contributed by atoms with Gasteiger partial charge in [0.2, 0.25) is 0 Å². The molecule has 0 saturated carbocycles. The molecule has 1 fully saturated rings. The van der Waals surface area contributed by atoms with Crippen molar-refractivity contribution in [1.82, 2.24) is 14.5 Å². The van der Waals surface area contributed by atoms with Crippen molar-refractivity contribution in [1.29, 1.82) is 0 Å². The van der Waals surface area contributed by atoms with Gasteiger partial charge in [0.15, 0.2) is 5.82 Å². The van der Waals surface area contributed by atoms with Gasteiger partial charge in [-0.05, 0) is 19.8 Å². The lowest BCUT2D eigenvalue weighted by Gasteiger charge is -2.32. The Hall–Kier alpha value is -1.28. The number of aromatic amines is 1. The molecule has 1 aromatic heterocycles. The van der Waals surface area contributed by atoms with Crippen LogP contribution >= 0.6 is 0 Å². The van der Waals surface area contributed by atoms with Gasteiger partial charge in [-0.2, -0.15) is 17.8 Å². The van der Waals surface area contributed by atoms with E-state index in [2.05, 4.69) is 14.9 Å². The van der Waals surface area contributed by atoms with Crippen molar-refractivity contribution in [2.45, 2.75) is 32.2 Å². The normalized spacial score (nSPS) is 22.5. The Bertz CT molecular complexity index is 483. The molecule has 1 saturated heterocycles. The van der Waals surface area contributed by atoms with Gasteiger partial charge in [-0.3, -0.25) is 9.82 Å².